The summed E-state index contributed by atoms with van der Waals surface area (Å²) >= 11 is 1.59. The first-order valence-electron chi connectivity index (χ1n) is 8.95. The molecule has 0 fully saturated rings. The molecule has 1 aromatic heterocycles. The van der Waals surface area contributed by atoms with Gasteiger partial charge in [-0.05, 0) is 45.3 Å². The highest BCUT2D eigenvalue weighted by molar-refractivity contribution is 7.98. The number of rotatable bonds is 7. The molecule has 2 amide bonds. The molecule has 0 bridgehead atoms. The Balaban J connectivity index is 2.03. The fraction of sp³-hybridized carbons (Fsp3) is 0.400. The van der Waals surface area contributed by atoms with Crippen molar-refractivity contribution in [2.75, 3.05) is 12.0 Å². The lowest BCUT2D eigenvalue weighted by atomic mass is 10.1. The molecular weight excluding hydrogens is 376 g/mol. The Hall–Kier alpha value is -2.61. The van der Waals surface area contributed by atoms with Crippen molar-refractivity contribution in [1.29, 1.82) is 0 Å². The second kappa shape index (κ2) is 10.1. The Labute approximate surface area is 169 Å². The van der Waals surface area contributed by atoms with Crippen LogP contribution in [0, 0.1) is 0 Å². The van der Waals surface area contributed by atoms with Crippen molar-refractivity contribution < 1.29 is 14.3 Å². The van der Waals surface area contributed by atoms with Gasteiger partial charge in [-0.3, -0.25) is 9.78 Å². The van der Waals surface area contributed by atoms with E-state index in [9.17, 15) is 9.59 Å². The first kappa shape index (κ1) is 21.7. The van der Waals surface area contributed by atoms with E-state index in [2.05, 4.69) is 20.8 Å². The van der Waals surface area contributed by atoms with Gasteiger partial charge in [0.25, 0.3) is 5.91 Å². The van der Waals surface area contributed by atoms with E-state index >= 15 is 0 Å². The maximum atomic E-state index is 12.5. The molecule has 8 heteroatoms. The minimum atomic E-state index is -0.731. The number of hydrazone groups is 1. The van der Waals surface area contributed by atoms with Crippen molar-refractivity contribution >= 4 is 40.9 Å². The largest absolute Gasteiger partial charge is 0.444 e. The Bertz CT molecular complexity index is 843. The van der Waals surface area contributed by atoms with Crippen molar-refractivity contribution in [3.05, 3.63) is 42.1 Å². The molecule has 7 nitrogen and oxygen atoms in total. The number of nitrogens with zero attached hydrogens (tertiary/aromatic N) is 2. The second-order valence-corrected chi connectivity index (χ2v) is 8.12. The average molecular weight is 403 g/mol. The molecule has 2 N–H and O–H groups in total. The Morgan fingerprint density at radius 2 is 2.04 bits per heavy atom. The number of hydrogen-bond donors (Lipinski definition) is 2. The van der Waals surface area contributed by atoms with Crippen LogP contribution in [0.5, 0.6) is 0 Å². The van der Waals surface area contributed by atoms with Crippen LogP contribution in [0.25, 0.3) is 10.9 Å². The maximum absolute atomic E-state index is 12.5. The molecule has 2 aromatic rings. The van der Waals surface area contributed by atoms with Crippen LogP contribution in [0.3, 0.4) is 0 Å². The summed E-state index contributed by atoms with van der Waals surface area (Å²) in [5, 5.41) is 7.64. The molecule has 0 radical (unpaired) electrons. The molecule has 28 heavy (non-hydrogen) atoms. The number of alkyl carbamates (subject to hydrolysis) is 1. The zero-order valence-corrected chi connectivity index (χ0v) is 17.4. The van der Waals surface area contributed by atoms with Gasteiger partial charge in [-0.25, -0.2) is 10.2 Å². The number of hydrogen-bond acceptors (Lipinski definition) is 6. The van der Waals surface area contributed by atoms with Gasteiger partial charge in [-0.1, -0.05) is 24.3 Å². The molecule has 0 spiro atoms. The van der Waals surface area contributed by atoms with Gasteiger partial charge in [-0.2, -0.15) is 16.9 Å². The number of pyridine rings is 1. The van der Waals surface area contributed by atoms with E-state index in [1.807, 2.05) is 36.6 Å². The molecule has 0 aliphatic carbocycles. The van der Waals surface area contributed by atoms with E-state index in [4.69, 9.17) is 4.74 Å². The summed E-state index contributed by atoms with van der Waals surface area (Å²) in [5.41, 5.74) is 3.45. The third-order valence-electron chi connectivity index (χ3n) is 3.66. The highest BCUT2D eigenvalue weighted by Crippen LogP contribution is 2.14. The molecule has 0 saturated heterocycles. The third kappa shape index (κ3) is 6.84. The second-order valence-electron chi connectivity index (χ2n) is 7.14. The summed E-state index contributed by atoms with van der Waals surface area (Å²) in [7, 11) is 0. The zero-order chi connectivity index (χ0) is 20.6. The lowest BCUT2D eigenvalue weighted by Crippen LogP contribution is -2.47. The Morgan fingerprint density at radius 1 is 1.29 bits per heavy atom. The van der Waals surface area contributed by atoms with Gasteiger partial charge in [0, 0.05) is 17.1 Å². The van der Waals surface area contributed by atoms with Crippen molar-refractivity contribution in [2.45, 2.75) is 38.8 Å². The van der Waals surface area contributed by atoms with Crippen LogP contribution >= 0.6 is 11.8 Å². The first-order chi connectivity index (χ1) is 13.3. The average Bonchev–Trinajstić information content (AvgIpc) is 2.63. The molecule has 1 atom stereocenters. The number of carbonyl (C=O) groups is 2. The quantitative estimate of drug-likeness (QED) is 0.547. The highest BCUT2D eigenvalue weighted by atomic mass is 32.2. The van der Waals surface area contributed by atoms with Crippen molar-refractivity contribution in [2.24, 2.45) is 5.10 Å². The predicted molar refractivity (Wildman–Crippen MR) is 114 cm³/mol. The number of carbonyl (C=O) groups excluding carboxylic acids is 2. The first-order valence-corrected chi connectivity index (χ1v) is 10.3. The lowest BCUT2D eigenvalue weighted by Gasteiger charge is -2.22. The molecule has 0 unspecified atom stereocenters. The van der Waals surface area contributed by atoms with Crippen LogP contribution in [0.2, 0.25) is 0 Å². The van der Waals surface area contributed by atoms with Crippen molar-refractivity contribution in [3.63, 3.8) is 0 Å². The van der Waals surface area contributed by atoms with Crippen LogP contribution in [0.1, 0.15) is 32.8 Å². The molecule has 1 heterocycles. The Kier molecular flexibility index (Phi) is 7.80. The van der Waals surface area contributed by atoms with Gasteiger partial charge in [0.2, 0.25) is 0 Å². The fourth-order valence-corrected chi connectivity index (χ4v) is 2.90. The fourth-order valence-electron chi connectivity index (χ4n) is 2.43. The SMILES string of the molecule is CSCC[C@H](NC(=O)OC(C)(C)C)C(=O)N/N=C\c1cccc2cccnc12. The van der Waals surface area contributed by atoms with Crippen LogP contribution in [-0.4, -0.2) is 46.9 Å². The topological polar surface area (TPSA) is 92.7 Å². The summed E-state index contributed by atoms with van der Waals surface area (Å²) < 4.78 is 5.24. The summed E-state index contributed by atoms with van der Waals surface area (Å²) in [6.07, 6.45) is 5.04. The maximum Gasteiger partial charge on any atom is 0.408 e. The predicted octanol–water partition coefficient (Wildman–Crippen LogP) is 3.33. The number of aromatic nitrogens is 1. The normalized spacial score (nSPS) is 12.7. The minimum Gasteiger partial charge on any atom is -0.444 e. The number of amides is 2. The van der Waals surface area contributed by atoms with Crippen LogP contribution < -0.4 is 10.7 Å². The van der Waals surface area contributed by atoms with Gasteiger partial charge in [0.15, 0.2) is 0 Å². The molecule has 0 aliphatic heterocycles. The van der Waals surface area contributed by atoms with E-state index in [0.29, 0.717) is 12.2 Å². The highest BCUT2D eigenvalue weighted by Gasteiger charge is 2.23. The molecule has 2 rings (SSSR count). The summed E-state index contributed by atoms with van der Waals surface area (Å²) in [6.45, 7) is 5.31. The van der Waals surface area contributed by atoms with Crippen molar-refractivity contribution in [3.8, 4) is 0 Å². The van der Waals surface area contributed by atoms with Gasteiger partial charge < -0.3 is 10.1 Å². The van der Waals surface area contributed by atoms with Crippen LogP contribution in [0.4, 0.5) is 4.79 Å². The van der Waals surface area contributed by atoms with Crippen molar-refractivity contribution in [1.82, 2.24) is 15.7 Å². The molecular formula is C20H26N4O3S. The van der Waals surface area contributed by atoms with E-state index in [1.54, 1.807) is 44.9 Å². The van der Waals surface area contributed by atoms with Gasteiger partial charge in [-0.15, -0.1) is 0 Å². The van der Waals surface area contributed by atoms with E-state index in [-0.39, 0.29) is 0 Å². The van der Waals surface area contributed by atoms with E-state index in [0.717, 1.165) is 16.5 Å². The third-order valence-corrected chi connectivity index (χ3v) is 4.30. The minimum absolute atomic E-state index is 0.399. The number of nitrogens with one attached hydrogen (secondary N) is 2. The molecule has 0 saturated carbocycles. The summed E-state index contributed by atoms with van der Waals surface area (Å²) in [4.78, 5) is 28.8. The zero-order valence-electron chi connectivity index (χ0n) is 16.6. The number of ether oxygens (including phenoxy) is 1. The standard InChI is InChI=1S/C20H26N4O3S/c1-20(2,3)27-19(26)23-16(10-12-28-4)18(25)24-22-13-15-8-5-7-14-9-6-11-21-17(14)15/h5-9,11,13,16H,10,12H2,1-4H3,(H,23,26)(H,24,25)/b22-13-/t16-/m0/s1. The monoisotopic (exact) mass is 402 g/mol. The lowest BCUT2D eigenvalue weighted by molar-refractivity contribution is -0.123. The Morgan fingerprint density at radius 3 is 2.75 bits per heavy atom. The van der Waals surface area contributed by atoms with Crippen LogP contribution in [-0.2, 0) is 9.53 Å². The van der Waals surface area contributed by atoms with Gasteiger partial charge >= 0.3 is 6.09 Å². The van der Waals surface area contributed by atoms with E-state index in [1.165, 1.54) is 0 Å². The molecule has 0 aliphatic rings. The van der Waals surface area contributed by atoms with Crippen LogP contribution in [0.15, 0.2) is 41.6 Å². The number of thioether (sulfide) groups is 1. The summed E-state index contributed by atoms with van der Waals surface area (Å²) in [5.74, 6) is 0.314. The van der Waals surface area contributed by atoms with Gasteiger partial charge in [0.05, 0.1) is 11.7 Å². The molecule has 150 valence electrons. The van der Waals surface area contributed by atoms with E-state index < -0.39 is 23.6 Å². The van der Waals surface area contributed by atoms with Gasteiger partial charge in [0.1, 0.15) is 11.6 Å². The number of fused-ring (bicyclic) bond motifs is 1. The smallest absolute Gasteiger partial charge is 0.408 e. The number of para-hydroxylation sites is 1. The number of benzene rings is 1. The summed E-state index contributed by atoms with van der Waals surface area (Å²) in [6, 6.07) is 8.82. The molecule has 1 aromatic carbocycles.